The highest BCUT2D eigenvalue weighted by molar-refractivity contribution is 5.71. The molecule has 0 aliphatic carbocycles. The number of allylic oxidation sites excluding steroid dienone is 20. The third kappa shape index (κ3) is 54.6. The molecule has 0 saturated carbocycles. The monoisotopic (exact) mass is 955 g/mol. The Morgan fingerprint density at radius 2 is 0.565 bits per heavy atom. The molecule has 390 valence electrons. The number of esters is 3. The van der Waals surface area contributed by atoms with E-state index in [9.17, 15) is 14.4 Å². The molecule has 1 unspecified atom stereocenters. The summed E-state index contributed by atoms with van der Waals surface area (Å²) in [5, 5.41) is 0. The number of hydrogen-bond acceptors (Lipinski definition) is 6. The van der Waals surface area contributed by atoms with Crippen LogP contribution < -0.4 is 0 Å². The summed E-state index contributed by atoms with van der Waals surface area (Å²) in [7, 11) is 0. The van der Waals surface area contributed by atoms with Crippen molar-refractivity contribution in [3.05, 3.63) is 122 Å². The van der Waals surface area contributed by atoms with Crippen LogP contribution in [0.5, 0.6) is 0 Å². The fraction of sp³-hybridized carbons (Fsp3) is 0.635. The van der Waals surface area contributed by atoms with Crippen molar-refractivity contribution in [1.29, 1.82) is 0 Å². The summed E-state index contributed by atoms with van der Waals surface area (Å²) in [6.45, 7) is 6.40. The summed E-state index contributed by atoms with van der Waals surface area (Å²) < 4.78 is 16.7. The Balaban J connectivity index is 4.15. The Hall–Kier alpha value is -4.19. The smallest absolute Gasteiger partial charge is 0.306 e. The van der Waals surface area contributed by atoms with Crippen LogP contribution in [0.2, 0.25) is 0 Å². The molecule has 0 rings (SSSR count). The van der Waals surface area contributed by atoms with E-state index in [0.717, 1.165) is 148 Å². The molecule has 0 aromatic carbocycles. The van der Waals surface area contributed by atoms with Crippen LogP contribution in [-0.4, -0.2) is 37.2 Å². The maximum Gasteiger partial charge on any atom is 0.306 e. The number of carbonyl (C=O) groups is 3. The molecule has 0 aliphatic heterocycles. The van der Waals surface area contributed by atoms with Crippen molar-refractivity contribution in [2.45, 2.75) is 245 Å². The third-order valence-corrected chi connectivity index (χ3v) is 11.5. The van der Waals surface area contributed by atoms with Crippen LogP contribution in [0.15, 0.2) is 122 Å². The van der Waals surface area contributed by atoms with Crippen LogP contribution in [0.4, 0.5) is 0 Å². The predicted molar refractivity (Wildman–Crippen MR) is 297 cm³/mol. The van der Waals surface area contributed by atoms with Gasteiger partial charge in [-0.05, 0) is 116 Å². The van der Waals surface area contributed by atoms with Crippen molar-refractivity contribution in [2.75, 3.05) is 13.2 Å². The van der Waals surface area contributed by atoms with Gasteiger partial charge in [0.2, 0.25) is 0 Å². The topological polar surface area (TPSA) is 78.9 Å². The van der Waals surface area contributed by atoms with Gasteiger partial charge in [-0.3, -0.25) is 14.4 Å². The average molecular weight is 956 g/mol. The summed E-state index contributed by atoms with van der Waals surface area (Å²) in [5.41, 5.74) is 0. The molecule has 0 bridgehead atoms. The summed E-state index contributed by atoms with van der Waals surface area (Å²) >= 11 is 0. The summed E-state index contributed by atoms with van der Waals surface area (Å²) in [5.74, 6) is -0.934. The highest BCUT2D eigenvalue weighted by Gasteiger charge is 2.19. The van der Waals surface area contributed by atoms with Crippen molar-refractivity contribution in [3.8, 4) is 0 Å². The Bertz CT molecular complexity index is 1470. The minimum Gasteiger partial charge on any atom is -0.462 e. The molecule has 69 heavy (non-hydrogen) atoms. The highest BCUT2D eigenvalue weighted by atomic mass is 16.6. The highest BCUT2D eigenvalue weighted by Crippen LogP contribution is 2.13. The van der Waals surface area contributed by atoms with E-state index in [1.165, 1.54) is 51.4 Å². The summed E-state index contributed by atoms with van der Waals surface area (Å²) in [4.78, 5) is 37.7. The van der Waals surface area contributed by atoms with Crippen molar-refractivity contribution in [2.24, 2.45) is 0 Å². The zero-order valence-electron chi connectivity index (χ0n) is 44.5. The Kier molecular flexibility index (Phi) is 53.0. The van der Waals surface area contributed by atoms with Crippen LogP contribution in [0, 0.1) is 0 Å². The molecule has 0 radical (unpaired) electrons. The second-order valence-corrected chi connectivity index (χ2v) is 18.1. The number of unbranched alkanes of at least 4 members (excludes halogenated alkanes) is 18. The Morgan fingerprint density at radius 3 is 0.928 bits per heavy atom. The standard InChI is InChI=1S/C63H102O6/c1-4-7-10-13-16-18-20-22-23-24-25-26-27-28-29-30-31-32-33-34-35-36-37-38-39-40-41-42-44-45-47-50-53-56-62(65)68-59-60(58-67-61(64)55-52-49-15-12-9-6-3)69-63(66)57-54-51-48-46-43-21-19-17-14-11-8-5-2/h7,10,16-19,22-23,25-26,28-29,31-32,34-35,37-38,40-41,60H,4-6,8-9,11-15,20-21,24,27,30,33,36,39,42-59H2,1-3H3/b10-7-,18-16-,19-17-,23-22-,26-25-,29-28-,32-31-,35-34-,38-37-,41-40-. The van der Waals surface area contributed by atoms with Crippen LogP contribution >= 0.6 is 0 Å². The Labute approximate surface area is 424 Å². The molecular weight excluding hydrogens is 853 g/mol. The van der Waals surface area contributed by atoms with Gasteiger partial charge in [0.1, 0.15) is 13.2 Å². The van der Waals surface area contributed by atoms with Gasteiger partial charge in [-0.25, -0.2) is 0 Å². The summed E-state index contributed by atoms with van der Waals surface area (Å²) in [6, 6.07) is 0. The number of ether oxygens (including phenoxy) is 3. The fourth-order valence-corrected chi connectivity index (χ4v) is 7.25. The van der Waals surface area contributed by atoms with Gasteiger partial charge in [0.15, 0.2) is 6.10 Å². The molecule has 6 nitrogen and oxygen atoms in total. The fourth-order valence-electron chi connectivity index (χ4n) is 7.25. The van der Waals surface area contributed by atoms with Crippen LogP contribution in [0.25, 0.3) is 0 Å². The lowest BCUT2D eigenvalue weighted by atomic mass is 10.1. The molecule has 0 aromatic rings. The first-order chi connectivity index (χ1) is 34.0. The quantitative estimate of drug-likeness (QED) is 0.0262. The molecule has 0 spiro atoms. The van der Waals surface area contributed by atoms with Gasteiger partial charge < -0.3 is 14.2 Å². The van der Waals surface area contributed by atoms with Crippen LogP contribution in [-0.2, 0) is 28.6 Å². The van der Waals surface area contributed by atoms with Gasteiger partial charge in [-0.15, -0.1) is 0 Å². The van der Waals surface area contributed by atoms with Gasteiger partial charge >= 0.3 is 17.9 Å². The molecule has 0 saturated heterocycles. The maximum atomic E-state index is 12.7. The molecule has 6 heteroatoms. The molecular formula is C63H102O6. The predicted octanol–water partition coefficient (Wildman–Crippen LogP) is 18.9. The van der Waals surface area contributed by atoms with Crippen LogP contribution in [0.1, 0.15) is 239 Å². The lowest BCUT2D eigenvalue weighted by Crippen LogP contribution is -2.30. The average Bonchev–Trinajstić information content (AvgIpc) is 3.35. The van der Waals surface area contributed by atoms with E-state index >= 15 is 0 Å². The van der Waals surface area contributed by atoms with Gasteiger partial charge in [0.05, 0.1) is 0 Å². The molecule has 0 aliphatic rings. The van der Waals surface area contributed by atoms with E-state index in [-0.39, 0.29) is 31.1 Å². The van der Waals surface area contributed by atoms with E-state index in [0.29, 0.717) is 19.3 Å². The van der Waals surface area contributed by atoms with E-state index in [4.69, 9.17) is 14.2 Å². The lowest BCUT2D eigenvalue weighted by Gasteiger charge is -2.18. The normalized spacial score (nSPS) is 13.0. The maximum absolute atomic E-state index is 12.7. The second-order valence-electron chi connectivity index (χ2n) is 18.1. The second kappa shape index (κ2) is 56.4. The molecule has 0 N–H and O–H groups in total. The largest absolute Gasteiger partial charge is 0.462 e. The first kappa shape index (κ1) is 64.8. The van der Waals surface area contributed by atoms with E-state index < -0.39 is 6.10 Å². The number of carbonyl (C=O) groups excluding carboxylic acids is 3. The minimum atomic E-state index is -0.788. The number of hydrogen-bond donors (Lipinski definition) is 0. The zero-order chi connectivity index (χ0) is 50.0. The lowest BCUT2D eigenvalue weighted by molar-refractivity contribution is -0.167. The van der Waals surface area contributed by atoms with E-state index in [2.05, 4.69) is 142 Å². The van der Waals surface area contributed by atoms with E-state index in [1.807, 2.05) is 0 Å². The zero-order valence-corrected chi connectivity index (χ0v) is 44.5. The number of rotatable bonds is 49. The van der Waals surface area contributed by atoms with Crippen molar-refractivity contribution in [1.82, 2.24) is 0 Å². The minimum absolute atomic E-state index is 0.0892. The summed E-state index contributed by atoms with van der Waals surface area (Å²) in [6.07, 6.45) is 78.0. The molecule has 0 aromatic heterocycles. The molecule has 0 fully saturated rings. The van der Waals surface area contributed by atoms with Crippen molar-refractivity contribution < 1.29 is 28.6 Å². The van der Waals surface area contributed by atoms with Gasteiger partial charge in [-0.1, -0.05) is 226 Å². The van der Waals surface area contributed by atoms with Gasteiger partial charge in [-0.2, -0.15) is 0 Å². The van der Waals surface area contributed by atoms with Crippen molar-refractivity contribution in [3.63, 3.8) is 0 Å². The van der Waals surface area contributed by atoms with Gasteiger partial charge in [0, 0.05) is 19.3 Å². The molecule has 0 heterocycles. The molecule has 1 atom stereocenters. The van der Waals surface area contributed by atoms with Crippen molar-refractivity contribution >= 4 is 17.9 Å². The van der Waals surface area contributed by atoms with Crippen LogP contribution in [0.3, 0.4) is 0 Å². The molecule has 0 amide bonds. The first-order valence-electron chi connectivity index (χ1n) is 28.0. The third-order valence-electron chi connectivity index (χ3n) is 11.5. The van der Waals surface area contributed by atoms with E-state index in [1.54, 1.807) is 0 Å². The SMILES string of the molecule is CC/C=C\C/C=C\C/C=C\C/C=C\C/C=C\C/C=C\C/C=C\C/C=C\C/C=C\CCCCCCCC(=O)OCC(COC(=O)CCCCCCCC)OC(=O)CCCCCCC/C=C\CCCCC. The Morgan fingerprint density at radius 1 is 0.304 bits per heavy atom. The van der Waals surface area contributed by atoms with Gasteiger partial charge in [0.25, 0.3) is 0 Å². The first-order valence-corrected chi connectivity index (χ1v) is 28.0.